The first-order valence-electron chi connectivity index (χ1n) is 6.13. The first-order valence-corrected chi connectivity index (χ1v) is 6.13. The summed E-state index contributed by atoms with van der Waals surface area (Å²) >= 11 is 0. The highest BCUT2D eigenvalue weighted by molar-refractivity contribution is 5.20. The van der Waals surface area contributed by atoms with E-state index >= 15 is 0 Å². The summed E-state index contributed by atoms with van der Waals surface area (Å²) in [6.45, 7) is 4.48. The van der Waals surface area contributed by atoms with Crippen LogP contribution in [0.15, 0.2) is 18.3 Å². The Bertz CT molecular complexity index is 334. The summed E-state index contributed by atoms with van der Waals surface area (Å²) < 4.78 is 10.9. The van der Waals surface area contributed by atoms with Crippen molar-refractivity contribution in [2.24, 2.45) is 5.92 Å². The molecular formula is C13H20N2O2. The topological polar surface area (TPSA) is 43.4 Å². The van der Waals surface area contributed by atoms with Crippen LogP contribution >= 0.6 is 0 Å². The predicted octanol–water partition coefficient (Wildman–Crippen LogP) is 1.78. The minimum absolute atomic E-state index is 0.319. The van der Waals surface area contributed by atoms with Crippen LogP contribution in [0.25, 0.3) is 0 Å². The SMILES string of the molecule is CNC(C)c1ccc(OCC2CCOC2)nc1. The van der Waals surface area contributed by atoms with Crippen molar-refractivity contribution >= 4 is 0 Å². The molecule has 4 heteroatoms. The smallest absolute Gasteiger partial charge is 0.213 e. The molecule has 2 rings (SSSR count). The highest BCUT2D eigenvalue weighted by Gasteiger charge is 2.16. The van der Waals surface area contributed by atoms with Gasteiger partial charge < -0.3 is 14.8 Å². The highest BCUT2D eigenvalue weighted by Crippen LogP contribution is 2.17. The van der Waals surface area contributed by atoms with E-state index in [1.54, 1.807) is 0 Å². The van der Waals surface area contributed by atoms with Crippen LogP contribution in [0.5, 0.6) is 5.88 Å². The Morgan fingerprint density at radius 3 is 3.06 bits per heavy atom. The van der Waals surface area contributed by atoms with Crippen molar-refractivity contribution in [2.45, 2.75) is 19.4 Å². The summed E-state index contributed by atoms with van der Waals surface area (Å²) in [6, 6.07) is 4.30. The quantitative estimate of drug-likeness (QED) is 0.846. The molecule has 1 aliphatic heterocycles. The lowest BCUT2D eigenvalue weighted by Crippen LogP contribution is -2.14. The van der Waals surface area contributed by atoms with Crippen LogP contribution in [-0.4, -0.2) is 31.9 Å². The van der Waals surface area contributed by atoms with Crippen molar-refractivity contribution in [1.82, 2.24) is 10.3 Å². The van der Waals surface area contributed by atoms with Crippen molar-refractivity contribution in [2.75, 3.05) is 26.9 Å². The van der Waals surface area contributed by atoms with Crippen molar-refractivity contribution in [3.8, 4) is 5.88 Å². The molecule has 0 aromatic carbocycles. The van der Waals surface area contributed by atoms with Crippen LogP contribution in [0.4, 0.5) is 0 Å². The zero-order chi connectivity index (χ0) is 12.1. The van der Waals surface area contributed by atoms with Gasteiger partial charge in [-0.1, -0.05) is 6.07 Å². The van der Waals surface area contributed by atoms with Crippen LogP contribution in [0.2, 0.25) is 0 Å². The molecule has 2 unspecified atom stereocenters. The molecule has 1 fully saturated rings. The summed E-state index contributed by atoms with van der Waals surface area (Å²) in [5, 5.41) is 3.18. The molecule has 1 aromatic rings. The molecule has 4 nitrogen and oxygen atoms in total. The Hall–Kier alpha value is -1.13. The standard InChI is InChI=1S/C13H20N2O2/c1-10(14-2)12-3-4-13(15-7-12)17-9-11-5-6-16-8-11/h3-4,7,10-11,14H,5-6,8-9H2,1-2H3. The molecule has 0 radical (unpaired) electrons. The molecule has 2 atom stereocenters. The molecule has 0 bridgehead atoms. The Morgan fingerprint density at radius 2 is 2.47 bits per heavy atom. The zero-order valence-corrected chi connectivity index (χ0v) is 10.5. The fourth-order valence-corrected chi connectivity index (χ4v) is 1.82. The molecule has 94 valence electrons. The second kappa shape index (κ2) is 5.98. The largest absolute Gasteiger partial charge is 0.477 e. The molecular weight excluding hydrogens is 216 g/mol. The van der Waals surface area contributed by atoms with E-state index in [1.165, 1.54) is 5.56 Å². The third kappa shape index (κ3) is 3.41. The molecule has 0 spiro atoms. The van der Waals surface area contributed by atoms with Gasteiger partial charge in [0, 0.05) is 30.8 Å². The Kier molecular flexibility index (Phi) is 4.34. The first kappa shape index (κ1) is 12.3. The number of hydrogen-bond acceptors (Lipinski definition) is 4. The molecule has 1 saturated heterocycles. The van der Waals surface area contributed by atoms with E-state index in [9.17, 15) is 0 Å². The van der Waals surface area contributed by atoms with Gasteiger partial charge in [-0.3, -0.25) is 0 Å². The number of nitrogens with zero attached hydrogens (tertiary/aromatic N) is 1. The van der Waals surface area contributed by atoms with E-state index in [0.717, 1.165) is 19.6 Å². The van der Waals surface area contributed by atoms with E-state index in [1.807, 2.05) is 19.3 Å². The van der Waals surface area contributed by atoms with Gasteiger partial charge in [0.25, 0.3) is 0 Å². The molecule has 0 amide bonds. The molecule has 2 heterocycles. The van der Waals surface area contributed by atoms with Gasteiger partial charge in [0.15, 0.2) is 0 Å². The molecule has 0 saturated carbocycles. The van der Waals surface area contributed by atoms with Gasteiger partial charge in [-0.15, -0.1) is 0 Å². The average Bonchev–Trinajstić information content (AvgIpc) is 2.89. The number of hydrogen-bond donors (Lipinski definition) is 1. The maximum atomic E-state index is 5.65. The summed E-state index contributed by atoms with van der Waals surface area (Å²) in [7, 11) is 1.94. The molecule has 0 aliphatic carbocycles. The third-order valence-electron chi connectivity index (χ3n) is 3.18. The minimum atomic E-state index is 0.319. The fourth-order valence-electron chi connectivity index (χ4n) is 1.82. The van der Waals surface area contributed by atoms with Crippen LogP contribution in [0, 0.1) is 5.92 Å². The lowest BCUT2D eigenvalue weighted by Gasteiger charge is -2.12. The van der Waals surface area contributed by atoms with Crippen molar-refractivity contribution in [3.63, 3.8) is 0 Å². The number of aromatic nitrogens is 1. The maximum Gasteiger partial charge on any atom is 0.213 e. The summed E-state index contributed by atoms with van der Waals surface area (Å²) in [6.07, 6.45) is 2.95. The van der Waals surface area contributed by atoms with Gasteiger partial charge >= 0.3 is 0 Å². The van der Waals surface area contributed by atoms with E-state index in [0.29, 0.717) is 24.4 Å². The van der Waals surface area contributed by atoms with Crippen molar-refractivity contribution in [1.29, 1.82) is 0 Å². The summed E-state index contributed by atoms with van der Waals surface area (Å²) in [5.41, 5.74) is 1.17. The van der Waals surface area contributed by atoms with Gasteiger partial charge in [-0.05, 0) is 26.0 Å². The lowest BCUT2D eigenvalue weighted by molar-refractivity contribution is 0.165. The second-order valence-corrected chi connectivity index (χ2v) is 4.48. The summed E-state index contributed by atoms with van der Waals surface area (Å²) in [4.78, 5) is 4.31. The normalized spacial score (nSPS) is 21.4. The number of nitrogens with one attached hydrogen (secondary N) is 1. The van der Waals surface area contributed by atoms with Gasteiger partial charge in [0.2, 0.25) is 5.88 Å². The van der Waals surface area contributed by atoms with Gasteiger partial charge in [-0.25, -0.2) is 4.98 Å². The van der Waals surface area contributed by atoms with Crippen molar-refractivity contribution < 1.29 is 9.47 Å². The van der Waals surface area contributed by atoms with Crippen LogP contribution in [0.3, 0.4) is 0 Å². The first-order chi connectivity index (χ1) is 8.29. The molecule has 17 heavy (non-hydrogen) atoms. The molecule has 1 N–H and O–H groups in total. The lowest BCUT2D eigenvalue weighted by atomic mass is 10.1. The Morgan fingerprint density at radius 1 is 1.59 bits per heavy atom. The van der Waals surface area contributed by atoms with E-state index < -0.39 is 0 Å². The number of rotatable bonds is 5. The van der Waals surface area contributed by atoms with Crippen LogP contribution in [-0.2, 0) is 4.74 Å². The summed E-state index contributed by atoms with van der Waals surface area (Å²) in [5.74, 6) is 1.22. The second-order valence-electron chi connectivity index (χ2n) is 4.48. The van der Waals surface area contributed by atoms with E-state index in [2.05, 4.69) is 23.3 Å². The van der Waals surface area contributed by atoms with Gasteiger partial charge in [0.05, 0.1) is 13.2 Å². The zero-order valence-electron chi connectivity index (χ0n) is 10.5. The van der Waals surface area contributed by atoms with Crippen molar-refractivity contribution in [3.05, 3.63) is 23.9 Å². The van der Waals surface area contributed by atoms with E-state index in [-0.39, 0.29) is 0 Å². The highest BCUT2D eigenvalue weighted by atomic mass is 16.5. The Labute approximate surface area is 102 Å². The van der Waals surface area contributed by atoms with Crippen LogP contribution in [0.1, 0.15) is 24.9 Å². The minimum Gasteiger partial charge on any atom is -0.477 e. The third-order valence-corrected chi connectivity index (χ3v) is 3.18. The van der Waals surface area contributed by atoms with Crippen LogP contribution < -0.4 is 10.1 Å². The molecule has 1 aliphatic rings. The fraction of sp³-hybridized carbons (Fsp3) is 0.615. The van der Waals surface area contributed by atoms with Gasteiger partial charge in [0.1, 0.15) is 0 Å². The average molecular weight is 236 g/mol. The number of pyridine rings is 1. The number of ether oxygens (including phenoxy) is 2. The predicted molar refractivity (Wildman–Crippen MR) is 66.1 cm³/mol. The van der Waals surface area contributed by atoms with Gasteiger partial charge in [-0.2, -0.15) is 0 Å². The molecule has 1 aromatic heterocycles. The monoisotopic (exact) mass is 236 g/mol. The Balaban J connectivity index is 1.84. The van der Waals surface area contributed by atoms with E-state index in [4.69, 9.17) is 9.47 Å². The maximum absolute atomic E-state index is 5.65.